The number of sulfonamides is 1. The topological polar surface area (TPSA) is 66.6 Å². The first kappa shape index (κ1) is 16.8. The van der Waals surface area contributed by atoms with Crippen LogP contribution < -0.4 is 5.73 Å². The number of hydrogen-bond donors (Lipinski definition) is 1. The Morgan fingerprint density at radius 2 is 1.57 bits per heavy atom. The molecule has 1 aliphatic heterocycles. The quantitative estimate of drug-likeness (QED) is 0.830. The van der Waals surface area contributed by atoms with Gasteiger partial charge < -0.3 is 5.73 Å². The highest BCUT2D eigenvalue weighted by molar-refractivity contribution is 7.89. The maximum atomic E-state index is 12.8. The number of piperazine rings is 1. The molecule has 1 aliphatic rings. The van der Waals surface area contributed by atoms with E-state index in [1.165, 1.54) is 16.4 Å². The number of likely N-dealkylation sites (N-methyl/N-ethyl adjacent to an activating group) is 1. The van der Waals surface area contributed by atoms with Gasteiger partial charge in [-0.15, -0.1) is 0 Å². The largest absolute Gasteiger partial charge is 0.399 e. The number of benzene rings is 1. The van der Waals surface area contributed by atoms with Crippen LogP contribution in [-0.2, 0) is 10.0 Å². The second kappa shape index (κ2) is 5.93. The van der Waals surface area contributed by atoms with Gasteiger partial charge in [-0.2, -0.15) is 4.31 Å². The lowest BCUT2D eigenvalue weighted by atomic mass is 10.1. The van der Waals surface area contributed by atoms with Crippen molar-refractivity contribution < 1.29 is 8.42 Å². The van der Waals surface area contributed by atoms with Gasteiger partial charge in [-0.1, -0.05) is 23.2 Å². The van der Waals surface area contributed by atoms with Gasteiger partial charge in [0.1, 0.15) is 4.90 Å². The van der Waals surface area contributed by atoms with E-state index in [2.05, 4.69) is 4.90 Å². The van der Waals surface area contributed by atoms with E-state index in [4.69, 9.17) is 28.9 Å². The smallest absolute Gasteiger partial charge is 0.246 e. The third-order valence-corrected chi connectivity index (χ3v) is 6.70. The molecule has 1 heterocycles. The van der Waals surface area contributed by atoms with Crippen molar-refractivity contribution in [3.63, 3.8) is 0 Å². The molecule has 118 valence electrons. The summed E-state index contributed by atoms with van der Waals surface area (Å²) < 4.78 is 27.1. The predicted octanol–water partition coefficient (Wildman–Crippen LogP) is 2.29. The fourth-order valence-corrected chi connectivity index (χ4v) is 5.29. The Bertz CT molecular complexity index is 616. The van der Waals surface area contributed by atoms with Crippen molar-refractivity contribution in [2.75, 3.05) is 25.9 Å². The zero-order valence-corrected chi connectivity index (χ0v) is 14.5. The Labute approximate surface area is 135 Å². The zero-order chi connectivity index (χ0) is 15.9. The zero-order valence-electron chi connectivity index (χ0n) is 12.2. The molecule has 0 bridgehead atoms. The Kier molecular flexibility index (Phi) is 4.75. The van der Waals surface area contributed by atoms with E-state index in [-0.39, 0.29) is 27.0 Å². The molecule has 8 heteroatoms. The third kappa shape index (κ3) is 3.14. The average molecular weight is 352 g/mol. The molecule has 1 fully saturated rings. The van der Waals surface area contributed by atoms with Crippen molar-refractivity contribution in [2.45, 2.75) is 30.8 Å². The normalized spacial score (nSPS) is 25.2. The molecule has 5 nitrogen and oxygen atoms in total. The summed E-state index contributed by atoms with van der Waals surface area (Å²) in [6.07, 6.45) is 0. The second-order valence-corrected chi connectivity index (χ2v) is 8.19. The number of halogens is 2. The molecule has 0 saturated carbocycles. The fourth-order valence-electron chi connectivity index (χ4n) is 2.51. The van der Waals surface area contributed by atoms with Gasteiger partial charge in [-0.05, 0) is 33.0 Å². The average Bonchev–Trinajstić information content (AvgIpc) is 2.33. The van der Waals surface area contributed by atoms with Gasteiger partial charge in [0.15, 0.2) is 0 Å². The van der Waals surface area contributed by atoms with E-state index in [1.54, 1.807) is 0 Å². The van der Waals surface area contributed by atoms with Crippen LogP contribution in [0.15, 0.2) is 17.0 Å². The Morgan fingerprint density at radius 1 is 1.14 bits per heavy atom. The molecular formula is C13H19Cl2N3O2S. The van der Waals surface area contributed by atoms with Crippen LogP contribution in [0.25, 0.3) is 0 Å². The van der Waals surface area contributed by atoms with Crippen molar-refractivity contribution in [1.82, 2.24) is 9.21 Å². The molecule has 0 radical (unpaired) electrons. The molecule has 2 rings (SSSR count). The van der Waals surface area contributed by atoms with Crippen LogP contribution in [0.4, 0.5) is 5.69 Å². The third-order valence-electron chi connectivity index (χ3n) is 3.94. The molecule has 2 atom stereocenters. The second-order valence-electron chi connectivity index (χ2n) is 5.50. The number of hydrogen-bond acceptors (Lipinski definition) is 4. The number of nitrogens with zero attached hydrogens (tertiary/aromatic N) is 2. The van der Waals surface area contributed by atoms with Gasteiger partial charge in [0, 0.05) is 30.9 Å². The van der Waals surface area contributed by atoms with Crippen molar-refractivity contribution in [2.24, 2.45) is 0 Å². The summed E-state index contributed by atoms with van der Waals surface area (Å²) in [5, 5.41) is 0.110. The van der Waals surface area contributed by atoms with Crippen molar-refractivity contribution in [1.29, 1.82) is 0 Å². The number of rotatable bonds is 2. The minimum absolute atomic E-state index is 0.0548. The van der Waals surface area contributed by atoms with Crippen LogP contribution in [0.2, 0.25) is 10.0 Å². The molecule has 2 unspecified atom stereocenters. The molecule has 1 aromatic rings. The molecule has 1 aromatic carbocycles. The first-order valence-electron chi connectivity index (χ1n) is 6.61. The summed E-state index contributed by atoms with van der Waals surface area (Å²) in [5.74, 6) is 0. The lowest BCUT2D eigenvalue weighted by Crippen LogP contribution is -2.56. The van der Waals surface area contributed by atoms with Gasteiger partial charge >= 0.3 is 0 Å². The van der Waals surface area contributed by atoms with E-state index in [0.29, 0.717) is 18.8 Å². The van der Waals surface area contributed by atoms with E-state index in [1.807, 2.05) is 20.9 Å². The first-order valence-corrected chi connectivity index (χ1v) is 8.80. The van der Waals surface area contributed by atoms with Crippen molar-refractivity contribution in [3.05, 3.63) is 22.2 Å². The molecule has 21 heavy (non-hydrogen) atoms. The molecule has 0 spiro atoms. The van der Waals surface area contributed by atoms with Crippen LogP contribution in [0.3, 0.4) is 0 Å². The Balaban J connectivity index is 2.44. The maximum absolute atomic E-state index is 12.8. The summed E-state index contributed by atoms with van der Waals surface area (Å²) in [7, 11) is -1.75. The molecule has 1 saturated heterocycles. The van der Waals surface area contributed by atoms with Gasteiger partial charge in [0.2, 0.25) is 10.0 Å². The van der Waals surface area contributed by atoms with Crippen molar-refractivity contribution >= 4 is 38.9 Å². The highest BCUT2D eigenvalue weighted by Gasteiger charge is 2.36. The van der Waals surface area contributed by atoms with Crippen LogP contribution >= 0.6 is 23.2 Å². The van der Waals surface area contributed by atoms with Gasteiger partial charge in [0.05, 0.1) is 10.0 Å². The summed E-state index contributed by atoms with van der Waals surface area (Å²) in [6.45, 7) is 4.79. The molecular weight excluding hydrogens is 333 g/mol. The van der Waals surface area contributed by atoms with E-state index in [9.17, 15) is 8.42 Å². The minimum atomic E-state index is -3.74. The van der Waals surface area contributed by atoms with Crippen LogP contribution in [0, 0.1) is 0 Å². The summed E-state index contributed by atoms with van der Waals surface area (Å²) >= 11 is 12.1. The van der Waals surface area contributed by atoms with Crippen molar-refractivity contribution in [3.8, 4) is 0 Å². The Morgan fingerprint density at radius 3 is 2.00 bits per heavy atom. The summed E-state index contributed by atoms with van der Waals surface area (Å²) in [6, 6.07) is 3.05. The number of anilines is 1. The molecule has 0 aromatic heterocycles. The van der Waals surface area contributed by atoms with Gasteiger partial charge in [-0.3, -0.25) is 4.90 Å². The minimum Gasteiger partial charge on any atom is -0.399 e. The molecule has 2 N–H and O–H groups in total. The highest BCUT2D eigenvalue weighted by Crippen LogP contribution is 2.34. The SMILES string of the molecule is CC1CN(S(=O)(=O)c2c(Cl)cc(N)cc2Cl)CC(C)N1C. The summed E-state index contributed by atoms with van der Waals surface area (Å²) in [4.78, 5) is 2.09. The van der Waals surface area contributed by atoms with Gasteiger partial charge in [-0.25, -0.2) is 8.42 Å². The fraction of sp³-hybridized carbons (Fsp3) is 0.538. The van der Waals surface area contributed by atoms with E-state index >= 15 is 0 Å². The first-order chi connectivity index (χ1) is 9.64. The van der Waals surface area contributed by atoms with Crippen LogP contribution in [-0.4, -0.2) is 49.8 Å². The monoisotopic (exact) mass is 351 g/mol. The lowest BCUT2D eigenvalue weighted by Gasteiger charge is -2.41. The van der Waals surface area contributed by atoms with E-state index < -0.39 is 10.0 Å². The predicted molar refractivity (Wildman–Crippen MR) is 86.3 cm³/mol. The van der Waals surface area contributed by atoms with Gasteiger partial charge in [0.25, 0.3) is 0 Å². The van der Waals surface area contributed by atoms with Crippen LogP contribution in [0.1, 0.15) is 13.8 Å². The highest BCUT2D eigenvalue weighted by atomic mass is 35.5. The van der Waals surface area contributed by atoms with Crippen LogP contribution in [0.5, 0.6) is 0 Å². The van der Waals surface area contributed by atoms with E-state index in [0.717, 1.165) is 0 Å². The summed E-state index contributed by atoms with van der Waals surface area (Å²) in [5.41, 5.74) is 5.97. The Hall–Kier alpha value is -0.530. The standard InChI is InChI=1S/C13H19Cl2N3O2S/c1-8-6-18(7-9(2)17(8)3)21(19,20)13-11(14)4-10(16)5-12(13)15/h4-5,8-9H,6-7,16H2,1-3H3. The molecule has 0 amide bonds. The lowest BCUT2D eigenvalue weighted by molar-refractivity contribution is 0.105. The molecule has 0 aliphatic carbocycles. The number of nitrogen functional groups attached to an aromatic ring is 1. The maximum Gasteiger partial charge on any atom is 0.246 e. The number of nitrogens with two attached hydrogens (primary N) is 1.